The van der Waals surface area contributed by atoms with Crippen LogP contribution in [0.4, 0.5) is 0 Å². The molecule has 2 nitrogen and oxygen atoms in total. The molecule has 2 aromatic rings. The molecule has 1 aromatic carbocycles. The molecular weight excluding hydrogens is 218 g/mol. The molecule has 0 saturated heterocycles. The van der Waals surface area contributed by atoms with E-state index in [0.717, 1.165) is 17.1 Å². The zero-order valence-electron chi connectivity index (χ0n) is 9.56. The van der Waals surface area contributed by atoms with Crippen LogP contribution in [-0.4, -0.2) is 12.1 Å². The summed E-state index contributed by atoms with van der Waals surface area (Å²) in [7, 11) is 1.69. The van der Waals surface area contributed by atoms with E-state index < -0.39 is 0 Å². The van der Waals surface area contributed by atoms with Crippen molar-refractivity contribution < 1.29 is 4.74 Å². The third kappa shape index (κ3) is 2.68. The standard InChI is InChI=1S/C13H15NOS/c1-10-5-3-4-6-11(10)7-13-14-12(8-15-2)9-16-13/h3-6,9H,7-8H2,1-2H3. The van der Waals surface area contributed by atoms with Crippen molar-refractivity contribution in [3.05, 3.63) is 51.5 Å². The summed E-state index contributed by atoms with van der Waals surface area (Å²) in [5, 5.41) is 3.22. The third-order valence-electron chi connectivity index (χ3n) is 2.49. The minimum atomic E-state index is 0.601. The van der Waals surface area contributed by atoms with Crippen LogP contribution < -0.4 is 0 Å². The van der Waals surface area contributed by atoms with Crippen LogP contribution in [0.15, 0.2) is 29.6 Å². The molecule has 1 heterocycles. The number of rotatable bonds is 4. The van der Waals surface area contributed by atoms with Crippen molar-refractivity contribution >= 4 is 11.3 Å². The van der Waals surface area contributed by atoms with Crippen molar-refractivity contribution in [3.63, 3.8) is 0 Å². The molecule has 84 valence electrons. The Bertz CT molecular complexity index is 464. The van der Waals surface area contributed by atoms with Gasteiger partial charge in [-0.05, 0) is 18.1 Å². The second kappa shape index (κ2) is 5.23. The molecule has 1 aromatic heterocycles. The minimum absolute atomic E-state index is 0.601. The van der Waals surface area contributed by atoms with Gasteiger partial charge in [0.1, 0.15) is 0 Å². The van der Waals surface area contributed by atoms with Crippen LogP contribution in [0.25, 0.3) is 0 Å². The molecule has 0 N–H and O–H groups in total. The Labute approximate surface area is 99.9 Å². The van der Waals surface area contributed by atoms with E-state index in [4.69, 9.17) is 4.74 Å². The highest BCUT2D eigenvalue weighted by atomic mass is 32.1. The molecule has 0 amide bonds. The van der Waals surface area contributed by atoms with E-state index in [2.05, 4.69) is 41.6 Å². The third-order valence-corrected chi connectivity index (χ3v) is 3.39. The normalized spacial score (nSPS) is 10.6. The predicted molar refractivity (Wildman–Crippen MR) is 66.8 cm³/mol. The lowest BCUT2D eigenvalue weighted by Crippen LogP contribution is -1.92. The molecule has 3 heteroatoms. The molecule has 0 bridgehead atoms. The number of aromatic nitrogens is 1. The van der Waals surface area contributed by atoms with Crippen molar-refractivity contribution in [2.24, 2.45) is 0 Å². The van der Waals surface area contributed by atoms with Gasteiger partial charge < -0.3 is 4.74 Å². The summed E-state index contributed by atoms with van der Waals surface area (Å²) in [6, 6.07) is 8.44. The van der Waals surface area contributed by atoms with Crippen LogP contribution in [0.2, 0.25) is 0 Å². The van der Waals surface area contributed by atoms with E-state index in [1.165, 1.54) is 11.1 Å². The molecule has 0 fully saturated rings. The fraction of sp³-hybridized carbons (Fsp3) is 0.308. The van der Waals surface area contributed by atoms with Crippen molar-refractivity contribution in [2.45, 2.75) is 20.0 Å². The van der Waals surface area contributed by atoms with E-state index in [9.17, 15) is 0 Å². The van der Waals surface area contributed by atoms with Gasteiger partial charge in [0.25, 0.3) is 0 Å². The number of nitrogens with zero attached hydrogens (tertiary/aromatic N) is 1. The van der Waals surface area contributed by atoms with E-state index in [0.29, 0.717) is 6.61 Å². The topological polar surface area (TPSA) is 22.1 Å². The van der Waals surface area contributed by atoms with Crippen LogP contribution in [0, 0.1) is 6.92 Å². The Morgan fingerprint density at radius 1 is 1.31 bits per heavy atom. The average molecular weight is 233 g/mol. The molecular formula is C13H15NOS. The molecule has 0 atom stereocenters. The number of methoxy groups -OCH3 is 1. The minimum Gasteiger partial charge on any atom is -0.378 e. The average Bonchev–Trinajstić information content (AvgIpc) is 2.70. The monoisotopic (exact) mass is 233 g/mol. The SMILES string of the molecule is COCc1csc(Cc2ccccc2C)n1. The van der Waals surface area contributed by atoms with Gasteiger partial charge in [-0.25, -0.2) is 4.98 Å². The number of hydrogen-bond donors (Lipinski definition) is 0. The van der Waals surface area contributed by atoms with E-state index in [1.807, 2.05) is 0 Å². The van der Waals surface area contributed by atoms with Crippen LogP contribution in [-0.2, 0) is 17.8 Å². The summed E-state index contributed by atoms with van der Waals surface area (Å²) >= 11 is 1.70. The van der Waals surface area contributed by atoms with Crippen LogP contribution in [0.3, 0.4) is 0 Å². The van der Waals surface area contributed by atoms with Crippen LogP contribution in [0.1, 0.15) is 21.8 Å². The summed E-state index contributed by atoms with van der Waals surface area (Å²) in [6.45, 7) is 2.74. The number of hydrogen-bond acceptors (Lipinski definition) is 3. The molecule has 2 rings (SSSR count). The predicted octanol–water partition coefficient (Wildman–Crippen LogP) is 3.19. The van der Waals surface area contributed by atoms with E-state index >= 15 is 0 Å². The molecule has 0 spiro atoms. The Morgan fingerprint density at radius 3 is 2.88 bits per heavy atom. The van der Waals surface area contributed by atoms with Crippen LogP contribution >= 0.6 is 11.3 Å². The number of aryl methyl sites for hydroxylation is 1. The number of benzene rings is 1. The maximum atomic E-state index is 5.06. The summed E-state index contributed by atoms with van der Waals surface area (Å²) in [5.74, 6) is 0. The first-order chi connectivity index (χ1) is 7.79. The van der Waals surface area contributed by atoms with Gasteiger partial charge in [0, 0.05) is 18.9 Å². The van der Waals surface area contributed by atoms with E-state index in [-0.39, 0.29) is 0 Å². The molecule has 0 aliphatic heterocycles. The van der Waals surface area contributed by atoms with Gasteiger partial charge in [0.15, 0.2) is 0 Å². The molecule has 0 aliphatic rings. The van der Waals surface area contributed by atoms with Crippen molar-refractivity contribution in [1.29, 1.82) is 0 Å². The second-order valence-electron chi connectivity index (χ2n) is 3.77. The quantitative estimate of drug-likeness (QED) is 0.809. The lowest BCUT2D eigenvalue weighted by Gasteiger charge is -2.02. The molecule has 0 saturated carbocycles. The van der Waals surface area contributed by atoms with Gasteiger partial charge in [0.05, 0.1) is 17.3 Å². The maximum Gasteiger partial charge on any atom is 0.0973 e. The summed E-state index contributed by atoms with van der Waals surface area (Å²) in [5.41, 5.74) is 3.70. The fourth-order valence-corrected chi connectivity index (χ4v) is 2.42. The van der Waals surface area contributed by atoms with Gasteiger partial charge in [0.2, 0.25) is 0 Å². The van der Waals surface area contributed by atoms with Crippen molar-refractivity contribution in [1.82, 2.24) is 4.98 Å². The van der Waals surface area contributed by atoms with Gasteiger partial charge >= 0.3 is 0 Å². The highest BCUT2D eigenvalue weighted by Gasteiger charge is 2.04. The van der Waals surface area contributed by atoms with Gasteiger partial charge in [-0.3, -0.25) is 0 Å². The van der Waals surface area contributed by atoms with Crippen molar-refractivity contribution in [3.8, 4) is 0 Å². The number of thiazole rings is 1. The molecule has 16 heavy (non-hydrogen) atoms. The Kier molecular flexibility index (Phi) is 3.70. The smallest absolute Gasteiger partial charge is 0.0973 e. The summed E-state index contributed by atoms with van der Waals surface area (Å²) in [6.07, 6.45) is 0.918. The summed E-state index contributed by atoms with van der Waals surface area (Å²) in [4.78, 5) is 4.53. The zero-order chi connectivity index (χ0) is 11.4. The molecule has 0 radical (unpaired) electrons. The van der Waals surface area contributed by atoms with Crippen molar-refractivity contribution in [2.75, 3.05) is 7.11 Å². The first kappa shape index (κ1) is 11.3. The Hall–Kier alpha value is -1.19. The Balaban J connectivity index is 2.11. The lowest BCUT2D eigenvalue weighted by atomic mass is 10.1. The highest BCUT2D eigenvalue weighted by Crippen LogP contribution is 2.17. The lowest BCUT2D eigenvalue weighted by molar-refractivity contribution is 0.182. The highest BCUT2D eigenvalue weighted by molar-refractivity contribution is 7.09. The molecule has 0 unspecified atom stereocenters. The number of ether oxygens (including phenoxy) is 1. The second-order valence-corrected chi connectivity index (χ2v) is 4.71. The van der Waals surface area contributed by atoms with Crippen LogP contribution in [0.5, 0.6) is 0 Å². The van der Waals surface area contributed by atoms with Gasteiger partial charge in [-0.1, -0.05) is 24.3 Å². The van der Waals surface area contributed by atoms with Gasteiger partial charge in [-0.15, -0.1) is 11.3 Å². The largest absolute Gasteiger partial charge is 0.378 e. The Morgan fingerprint density at radius 2 is 2.12 bits per heavy atom. The first-order valence-electron chi connectivity index (χ1n) is 5.26. The van der Waals surface area contributed by atoms with Gasteiger partial charge in [-0.2, -0.15) is 0 Å². The fourth-order valence-electron chi connectivity index (χ4n) is 1.62. The first-order valence-corrected chi connectivity index (χ1v) is 6.14. The zero-order valence-corrected chi connectivity index (χ0v) is 10.4. The molecule has 0 aliphatic carbocycles. The summed E-state index contributed by atoms with van der Waals surface area (Å²) < 4.78 is 5.06. The van der Waals surface area contributed by atoms with E-state index in [1.54, 1.807) is 18.4 Å². The maximum absolute atomic E-state index is 5.06.